The second-order valence-corrected chi connectivity index (χ2v) is 3.87. The first-order valence-electron chi connectivity index (χ1n) is 5.61. The molecule has 0 radical (unpaired) electrons. The molecule has 0 unspecified atom stereocenters. The number of fused-ring (bicyclic) bond motifs is 1. The first-order chi connectivity index (χ1) is 9.02. The van der Waals surface area contributed by atoms with Gasteiger partial charge < -0.3 is 5.32 Å². The van der Waals surface area contributed by atoms with Gasteiger partial charge in [-0.25, -0.2) is 9.50 Å². The molecule has 2 aromatic heterocycles. The lowest BCUT2D eigenvalue weighted by atomic mass is 10.3. The van der Waals surface area contributed by atoms with Gasteiger partial charge in [0.2, 0.25) is 0 Å². The van der Waals surface area contributed by atoms with Crippen LogP contribution < -0.4 is 5.32 Å². The third kappa shape index (κ3) is 2.96. The van der Waals surface area contributed by atoms with Gasteiger partial charge in [0, 0.05) is 31.4 Å². The van der Waals surface area contributed by atoms with Gasteiger partial charge in [-0.15, -0.1) is 12.3 Å². The minimum Gasteiger partial charge on any atom is -0.368 e. The first-order valence-corrected chi connectivity index (χ1v) is 5.61. The highest BCUT2D eigenvalue weighted by Crippen LogP contribution is 2.29. The SMILES string of the molecule is C#CCCCNc1nccn2nc(C(F)(F)F)cc12. The number of nitrogens with one attached hydrogen (secondary N) is 1. The van der Waals surface area contributed by atoms with Crippen LogP contribution in [-0.4, -0.2) is 21.1 Å². The summed E-state index contributed by atoms with van der Waals surface area (Å²) in [6.45, 7) is 0.545. The smallest absolute Gasteiger partial charge is 0.368 e. The summed E-state index contributed by atoms with van der Waals surface area (Å²) in [5.41, 5.74) is -0.650. The Kier molecular flexibility index (Phi) is 3.60. The predicted octanol–water partition coefficient (Wildman–Crippen LogP) is 2.57. The molecule has 0 aromatic carbocycles. The summed E-state index contributed by atoms with van der Waals surface area (Å²) in [6, 6.07) is 0.969. The molecule has 1 N–H and O–H groups in total. The number of rotatable bonds is 4. The Morgan fingerprint density at radius 2 is 2.21 bits per heavy atom. The van der Waals surface area contributed by atoms with Crippen molar-refractivity contribution in [2.45, 2.75) is 19.0 Å². The summed E-state index contributed by atoms with van der Waals surface area (Å²) in [7, 11) is 0. The number of anilines is 1. The van der Waals surface area contributed by atoms with Gasteiger partial charge in [0.15, 0.2) is 11.5 Å². The molecule has 7 heteroatoms. The van der Waals surface area contributed by atoms with Crippen LogP contribution in [0.2, 0.25) is 0 Å². The van der Waals surface area contributed by atoms with E-state index in [0.29, 0.717) is 18.8 Å². The number of nitrogens with zero attached hydrogens (tertiary/aromatic N) is 3. The van der Waals surface area contributed by atoms with Crippen molar-refractivity contribution < 1.29 is 13.2 Å². The minimum absolute atomic E-state index is 0.288. The van der Waals surface area contributed by atoms with Crippen molar-refractivity contribution in [2.24, 2.45) is 0 Å². The van der Waals surface area contributed by atoms with Crippen LogP contribution >= 0.6 is 0 Å². The molecule has 0 saturated heterocycles. The third-order valence-electron chi connectivity index (χ3n) is 2.47. The highest BCUT2D eigenvalue weighted by atomic mass is 19.4. The fourth-order valence-corrected chi connectivity index (χ4v) is 1.59. The van der Waals surface area contributed by atoms with Crippen molar-refractivity contribution in [1.29, 1.82) is 0 Å². The van der Waals surface area contributed by atoms with Gasteiger partial charge in [-0.3, -0.25) is 0 Å². The van der Waals surface area contributed by atoms with Crippen molar-refractivity contribution in [3.63, 3.8) is 0 Å². The lowest BCUT2D eigenvalue weighted by Crippen LogP contribution is -2.05. The number of alkyl halides is 3. The molecule has 0 bridgehead atoms. The fraction of sp³-hybridized carbons (Fsp3) is 0.333. The number of hydrogen-bond donors (Lipinski definition) is 1. The van der Waals surface area contributed by atoms with E-state index >= 15 is 0 Å². The van der Waals surface area contributed by atoms with E-state index in [-0.39, 0.29) is 5.52 Å². The summed E-state index contributed by atoms with van der Waals surface area (Å²) in [5.74, 6) is 2.85. The highest BCUT2D eigenvalue weighted by Gasteiger charge is 2.34. The molecule has 100 valence electrons. The van der Waals surface area contributed by atoms with E-state index < -0.39 is 11.9 Å². The Morgan fingerprint density at radius 3 is 2.89 bits per heavy atom. The first kappa shape index (κ1) is 13.2. The summed E-state index contributed by atoms with van der Waals surface area (Å²) in [4.78, 5) is 4.01. The molecule has 0 atom stereocenters. The molecule has 2 rings (SSSR count). The van der Waals surface area contributed by atoms with Gasteiger partial charge >= 0.3 is 6.18 Å². The van der Waals surface area contributed by atoms with E-state index in [2.05, 4.69) is 21.3 Å². The predicted molar refractivity (Wildman–Crippen MR) is 64.5 cm³/mol. The lowest BCUT2D eigenvalue weighted by molar-refractivity contribution is -0.141. The summed E-state index contributed by atoms with van der Waals surface area (Å²) < 4.78 is 38.9. The monoisotopic (exact) mass is 268 g/mol. The van der Waals surface area contributed by atoms with Gasteiger partial charge in [-0.1, -0.05) is 0 Å². The maximum absolute atomic E-state index is 12.6. The zero-order valence-corrected chi connectivity index (χ0v) is 9.91. The van der Waals surface area contributed by atoms with Crippen LogP contribution in [0.4, 0.5) is 19.0 Å². The number of halogens is 3. The zero-order valence-electron chi connectivity index (χ0n) is 9.91. The summed E-state index contributed by atoms with van der Waals surface area (Å²) in [5, 5.41) is 6.42. The molecule has 0 aliphatic heterocycles. The number of aromatic nitrogens is 3. The number of unbranched alkanes of at least 4 members (excludes halogenated alkanes) is 1. The molecule has 19 heavy (non-hydrogen) atoms. The maximum Gasteiger partial charge on any atom is 0.435 e. The average molecular weight is 268 g/mol. The number of terminal acetylenes is 1. The summed E-state index contributed by atoms with van der Waals surface area (Å²) in [6.07, 6.45) is 4.74. The second kappa shape index (κ2) is 5.18. The third-order valence-corrected chi connectivity index (χ3v) is 2.47. The van der Waals surface area contributed by atoms with Gasteiger partial charge in [-0.2, -0.15) is 18.3 Å². The molecular weight excluding hydrogens is 257 g/mol. The molecule has 0 fully saturated rings. The minimum atomic E-state index is -4.47. The van der Waals surface area contributed by atoms with Crippen molar-refractivity contribution in [2.75, 3.05) is 11.9 Å². The molecule has 0 saturated carbocycles. The molecule has 0 spiro atoms. The topological polar surface area (TPSA) is 42.2 Å². The largest absolute Gasteiger partial charge is 0.435 e. The van der Waals surface area contributed by atoms with Crippen molar-refractivity contribution in [3.05, 3.63) is 24.2 Å². The molecule has 0 amide bonds. The molecule has 0 aliphatic rings. The Labute approximate surface area is 107 Å². The number of hydrogen-bond acceptors (Lipinski definition) is 3. The van der Waals surface area contributed by atoms with Crippen LogP contribution in [0.25, 0.3) is 5.52 Å². The molecule has 0 aliphatic carbocycles. The van der Waals surface area contributed by atoms with E-state index in [0.717, 1.165) is 17.0 Å². The van der Waals surface area contributed by atoms with E-state index in [1.165, 1.54) is 12.4 Å². The second-order valence-electron chi connectivity index (χ2n) is 3.87. The standard InChI is InChI=1S/C12H11F3N4/c1-2-3-4-5-16-11-9-8-10(12(13,14)15)18-19(9)7-6-17-11/h1,6-8H,3-5H2,(H,16,17). The van der Waals surface area contributed by atoms with Gasteiger partial charge in [0.05, 0.1) is 0 Å². The van der Waals surface area contributed by atoms with Crippen LogP contribution in [0.15, 0.2) is 18.5 Å². The molecule has 4 nitrogen and oxygen atoms in total. The van der Waals surface area contributed by atoms with Gasteiger partial charge in [-0.05, 0) is 6.42 Å². The van der Waals surface area contributed by atoms with Crippen molar-refractivity contribution >= 4 is 11.3 Å². The van der Waals surface area contributed by atoms with Crippen LogP contribution in [-0.2, 0) is 6.18 Å². The van der Waals surface area contributed by atoms with Gasteiger partial charge in [0.25, 0.3) is 0 Å². The normalized spacial score (nSPS) is 11.5. The van der Waals surface area contributed by atoms with E-state index in [9.17, 15) is 13.2 Å². The average Bonchev–Trinajstić information content (AvgIpc) is 2.79. The van der Waals surface area contributed by atoms with Crippen molar-refractivity contribution in [3.8, 4) is 12.3 Å². The Balaban J connectivity index is 2.25. The van der Waals surface area contributed by atoms with Crippen LogP contribution in [0.5, 0.6) is 0 Å². The van der Waals surface area contributed by atoms with Crippen LogP contribution in [0.3, 0.4) is 0 Å². The maximum atomic E-state index is 12.6. The lowest BCUT2D eigenvalue weighted by Gasteiger charge is -2.05. The Morgan fingerprint density at radius 1 is 1.42 bits per heavy atom. The highest BCUT2D eigenvalue weighted by molar-refractivity contribution is 5.67. The van der Waals surface area contributed by atoms with Crippen LogP contribution in [0, 0.1) is 12.3 Å². The fourth-order valence-electron chi connectivity index (χ4n) is 1.59. The van der Waals surface area contributed by atoms with E-state index in [4.69, 9.17) is 6.42 Å². The Hall–Kier alpha value is -2.23. The van der Waals surface area contributed by atoms with Crippen molar-refractivity contribution in [1.82, 2.24) is 14.6 Å². The van der Waals surface area contributed by atoms with Crippen LogP contribution in [0.1, 0.15) is 18.5 Å². The Bertz CT molecular complexity index is 609. The zero-order chi connectivity index (χ0) is 13.9. The van der Waals surface area contributed by atoms with E-state index in [1.807, 2.05) is 0 Å². The molecular formula is C12H11F3N4. The van der Waals surface area contributed by atoms with Gasteiger partial charge in [0.1, 0.15) is 5.52 Å². The van der Waals surface area contributed by atoms with E-state index in [1.54, 1.807) is 0 Å². The quantitative estimate of drug-likeness (QED) is 0.684. The molecule has 2 heterocycles. The molecule has 2 aromatic rings. The summed E-state index contributed by atoms with van der Waals surface area (Å²) >= 11 is 0.